The number of rotatable bonds is 3. The van der Waals surface area contributed by atoms with Crippen LogP contribution in [0.4, 0.5) is 0 Å². The summed E-state index contributed by atoms with van der Waals surface area (Å²) in [6.45, 7) is 2.86. The number of carbonyl (C=O) groups excluding carboxylic acids is 1. The standard InChI is InChI=1S/C16H21NO3/c1-16(10-18)7-2-3-14(16)17-15(19)12-4-5-13-11(9-12)6-8-20-13/h4-5,9,14,18H,2-3,6-8,10H2,1H3,(H,17,19). The maximum atomic E-state index is 12.4. The summed E-state index contributed by atoms with van der Waals surface area (Å²) in [5.74, 6) is 0.842. The van der Waals surface area contributed by atoms with Crippen LogP contribution in [0.1, 0.15) is 42.1 Å². The van der Waals surface area contributed by atoms with Gasteiger partial charge in [0.2, 0.25) is 0 Å². The molecule has 0 radical (unpaired) electrons. The van der Waals surface area contributed by atoms with Crippen molar-refractivity contribution < 1.29 is 14.6 Å². The van der Waals surface area contributed by atoms with Crippen molar-refractivity contribution >= 4 is 5.91 Å². The molecule has 3 rings (SSSR count). The predicted octanol–water partition coefficient (Wildman–Crippen LogP) is 1.90. The van der Waals surface area contributed by atoms with Gasteiger partial charge in [0.1, 0.15) is 5.75 Å². The Hall–Kier alpha value is -1.55. The largest absolute Gasteiger partial charge is 0.493 e. The molecule has 0 saturated heterocycles. The van der Waals surface area contributed by atoms with E-state index in [1.165, 1.54) is 0 Å². The minimum Gasteiger partial charge on any atom is -0.493 e. The third-order valence-corrected chi connectivity index (χ3v) is 4.70. The fourth-order valence-corrected chi connectivity index (χ4v) is 3.24. The Morgan fingerprint density at radius 3 is 3.20 bits per heavy atom. The number of fused-ring (bicyclic) bond motifs is 1. The minimum atomic E-state index is -0.185. The average molecular weight is 275 g/mol. The quantitative estimate of drug-likeness (QED) is 0.886. The van der Waals surface area contributed by atoms with Gasteiger partial charge in [-0.25, -0.2) is 0 Å². The number of aliphatic hydroxyl groups is 1. The second-order valence-corrected chi connectivity index (χ2v) is 6.15. The second kappa shape index (κ2) is 5.09. The molecule has 0 bridgehead atoms. The van der Waals surface area contributed by atoms with Gasteiger partial charge in [-0.15, -0.1) is 0 Å². The van der Waals surface area contributed by atoms with Crippen LogP contribution in [-0.4, -0.2) is 30.3 Å². The molecule has 0 aromatic heterocycles. The average Bonchev–Trinajstić information content (AvgIpc) is 3.05. The monoisotopic (exact) mass is 275 g/mol. The molecule has 1 aromatic carbocycles. The van der Waals surface area contributed by atoms with E-state index >= 15 is 0 Å². The predicted molar refractivity (Wildman–Crippen MR) is 75.9 cm³/mol. The van der Waals surface area contributed by atoms with Crippen LogP contribution >= 0.6 is 0 Å². The van der Waals surface area contributed by atoms with E-state index in [-0.39, 0.29) is 24.0 Å². The lowest BCUT2D eigenvalue weighted by atomic mass is 9.85. The number of benzene rings is 1. The number of nitrogens with one attached hydrogen (secondary N) is 1. The molecule has 1 aliphatic carbocycles. The lowest BCUT2D eigenvalue weighted by molar-refractivity contribution is 0.0830. The van der Waals surface area contributed by atoms with Gasteiger partial charge in [0, 0.05) is 23.4 Å². The van der Waals surface area contributed by atoms with Crippen LogP contribution in [0, 0.1) is 5.41 Å². The first kappa shape index (κ1) is 13.4. The maximum absolute atomic E-state index is 12.4. The fourth-order valence-electron chi connectivity index (χ4n) is 3.24. The van der Waals surface area contributed by atoms with Gasteiger partial charge in [-0.2, -0.15) is 0 Å². The van der Waals surface area contributed by atoms with Gasteiger partial charge in [0.15, 0.2) is 0 Å². The zero-order valence-corrected chi connectivity index (χ0v) is 11.8. The van der Waals surface area contributed by atoms with Gasteiger partial charge in [0.05, 0.1) is 13.2 Å². The zero-order valence-electron chi connectivity index (χ0n) is 11.8. The van der Waals surface area contributed by atoms with Crippen LogP contribution in [-0.2, 0) is 6.42 Å². The van der Waals surface area contributed by atoms with Gasteiger partial charge in [-0.3, -0.25) is 4.79 Å². The molecule has 20 heavy (non-hydrogen) atoms. The molecule has 1 amide bonds. The number of aliphatic hydroxyl groups excluding tert-OH is 1. The molecule has 1 fully saturated rings. The normalized spacial score (nSPS) is 28.0. The summed E-state index contributed by atoms with van der Waals surface area (Å²) in [5.41, 5.74) is 1.60. The van der Waals surface area contributed by atoms with Crippen molar-refractivity contribution in [3.63, 3.8) is 0 Å². The van der Waals surface area contributed by atoms with E-state index in [1.807, 2.05) is 25.1 Å². The molecule has 4 nitrogen and oxygen atoms in total. The van der Waals surface area contributed by atoms with Gasteiger partial charge >= 0.3 is 0 Å². The molecule has 1 aromatic rings. The molecule has 2 N–H and O–H groups in total. The first-order chi connectivity index (χ1) is 9.62. The number of hydrogen-bond acceptors (Lipinski definition) is 3. The molecule has 108 valence electrons. The highest BCUT2D eigenvalue weighted by molar-refractivity contribution is 5.94. The summed E-state index contributed by atoms with van der Waals surface area (Å²) in [5, 5.41) is 12.6. The van der Waals surface area contributed by atoms with Crippen LogP contribution in [0.15, 0.2) is 18.2 Å². The molecule has 4 heteroatoms. The van der Waals surface area contributed by atoms with Crippen LogP contribution < -0.4 is 10.1 Å². The van der Waals surface area contributed by atoms with E-state index in [1.54, 1.807) is 0 Å². The lowest BCUT2D eigenvalue weighted by Gasteiger charge is -2.30. The van der Waals surface area contributed by atoms with Gasteiger partial charge < -0.3 is 15.2 Å². The van der Waals surface area contributed by atoms with E-state index < -0.39 is 0 Å². The van der Waals surface area contributed by atoms with Crippen LogP contribution in [0.2, 0.25) is 0 Å². The van der Waals surface area contributed by atoms with Crippen LogP contribution in [0.25, 0.3) is 0 Å². The molecular weight excluding hydrogens is 254 g/mol. The number of amides is 1. The summed E-state index contributed by atoms with van der Waals surface area (Å²) < 4.78 is 5.45. The second-order valence-electron chi connectivity index (χ2n) is 6.15. The van der Waals surface area contributed by atoms with E-state index in [9.17, 15) is 9.90 Å². The molecule has 1 saturated carbocycles. The van der Waals surface area contributed by atoms with Crippen LogP contribution in [0.5, 0.6) is 5.75 Å². The zero-order chi connectivity index (χ0) is 14.2. The highest BCUT2D eigenvalue weighted by atomic mass is 16.5. The van der Waals surface area contributed by atoms with Crippen molar-refractivity contribution in [1.82, 2.24) is 5.32 Å². The van der Waals surface area contributed by atoms with Crippen molar-refractivity contribution in [2.45, 2.75) is 38.6 Å². The van der Waals surface area contributed by atoms with E-state index in [4.69, 9.17) is 4.74 Å². The van der Waals surface area contributed by atoms with Gasteiger partial charge in [-0.1, -0.05) is 13.3 Å². The third-order valence-electron chi connectivity index (χ3n) is 4.70. The van der Waals surface area contributed by atoms with Crippen molar-refractivity contribution in [1.29, 1.82) is 0 Å². The molecule has 2 aliphatic rings. The van der Waals surface area contributed by atoms with E-state index in [0.717, 1.165) is 37.0 Å². The molecule has 1 heterocycles. The van der Waals surface area contributed by atoms with Crippen LogP contribution in [0.3, 0.4) is 0 Å². The van der Waals surface area contributed by atoms with E-state index in [2.05, 4.69) is 5.32 Å². The highest BCUT2D eigenvalue weighted by Crippen LogP contribution is 2.37. The Morgan fingerprint density at radius 2 is 2.40 bits per heavy atom. The maximum Gasteiger partial charge on any atom is 0.251 e. The highest BCUT2D eigenvalue weighted by Gasteiger charge is 2.39. The first-order valence-corrected chi connectivity index (χ1v) is 7.30. The van der Waals surface area contributed by atoms with Crippen molar-refractivity contribution in [3.05, 3.63) is 29.3 Å². The molecular formula is C16H21NO3. The summed E-state index contributed by atoms with van der Waals surface area (Å²) in [6.07, 6.45) is 3.83. The summed E-state index contributed by atoms with van der Waals surface area (Å²) >= 11 is 0. The lowest BCUT2D eigenvalue weighted by Crippen LogP contribution is -2.44. The molecule has 1 aliphatic heterocycles. The SMILES string of the molecule is CC1(CO)CCCC1NC(=O)c1ccc2c(c1)CCO2. The van der Waals surface area contributed by atoms with E-state index in [0.29, 0.717) is 12.2 Å². The number of carbonyl (C=O) groups is 1. The van der Waals surface area contributed by atoms with Crippen molar-refractivity contribution in [3.8, 4) is 5.75 Å². The molecule has 2 atom stereocenters. The number of hydrogen-bond donors (Lipinski definition) is 2. The first-order valence-electron chi connectivity index (χ1n) is 7.30. The minimum absolute atomic E-state index is 0.0497. The summed E-state index contributed by atoms with van der Waals surface area (Å²) in [6, 6.07) is 5.66. The number of ether oxygens (including phenoxy) is 1. The summed E-state index contributed by atoms with van der Waals surface area (Å²) in [4.78, 5) is 12.4. The van der Waals surface area contributed by atoms with Crippen molar-refractivity contribution in [2.75, 3.05) is 13.2 Å². The molecule has 2 unspecified atom stereocenters. The topological polar surface area (TPSA) is 58.6 Å². The third kappa shape index (κ3) is 2.29. The molecule has 0 spiro atoms. The van der Waals surface area contributed by atoms with Gasteiger partial charge in [-0.05, 0) is 36.6 Å². The Balaban J connectivity index is 1.73. The summed E-state index contributed by atoms with van der Waals surface area (Å²) in [7, 11) is 0. The Bertz CT molecular complexity index is 528. The Kier molecular flexibility index (Phi) is 3.42. The van der Waals surface area contributed by atoms with Gasteiger partial charge in [0.25, 0.3) is 5.91 Å². The van der Waals surface area contributed by atoms with Crippen molar-refractivity contribution in [2.24, 2.45) is 5.41 Å². The fraction of sp³-hybridized carbons (Fsp3) is 0.562. The smallest absolute Gasteiger partial charge is 0.251 e. The Morgan fingerprint density at radius 1 is 1.55 bits per heavy atom. The Labute approximate surface area is 119 Å².